The number of rotatable bonds is 1. The van der Waals surface area contributed by atoms with Crippen molar-refractivity contribution in [2.45, 2.75) is 25.8 Å². The van der Waals surface area contributed by atoms with Gasteiger partial charge in [-0.05, 0) is 25.9 Å². The summed E-state index contributed by atoms with van der Waals surface area (Å²) in [5, 5.41) is 8.34. The number of hydrogen-bond acceptors (Lipinski definition) is 2. The topological polar surface area (TPSA) is 40.5 Å². The Morgan fingerprint density at radius 1 is 1.75 bits per heavy atom. The van der Waals surface area contributed by atoms with Gasteiger partial charge in [0.25, 0.3) is 0 Å². The molecule has 1 aliphatic rings. The summed E-state index contributed by atoms with van der Waals surface area (Å²) in [6, 6.07) is 0.172. The van der Waals surface area contributed by atoms with Crippen LogP contribution in [0.5, 0.6) is 0 Å². The van der Waals surface area contributed by atoms with Crippen LogP contribution in [0.1, 0.15) is 19.8 Å². The number of nitrogens with zero attached hydrogens (tertiary/aromatic N) is 1. The first-order valence-corrected chi connectivity index (χ1v) is 4.22. The first-order valence-electron chi connectivity index (χ1n) is 4.22. The number of carboxylic acid groups (broad SMARTS) is 1. The van der Waals surface area contributed by atoms with Gasteiger partial charge in [0.05, 0.1) is 6.04 Å². The predicted octanol–water partition coefficient (Wildman–Crippen LogP) is 0.559. The van der Waals surface area contributed by atoms with Crippen molar-refractivity contribution in [2.75, 3.05) is 13.1 Å². The highest BCUT2D eigenvalue weighted by Gasteiger charge is 2.20. The summed E-state index contributed by atoms with van der Waals surface area (Å²) < 4.78 is 0. The van der Waals surface area contributed by atoms with Crippen LogP contribution in [0.4, 0.5) is 0 Å². The second kappa shape index (κ2) is 4.13. The molecule has 1 rings (SSSR count). The molecule has 1 heterocycles. The van der Waals surface area contributed by atoms with E-state index in [1.165, 1.54) is 0 Å². The standard InChI is InChI=1S/C9H13NO2/c1-2-10-7-3-4-8(10)5-6-9(11)12/h8H,2-4,7H2,1H3,(H,11,12). The molecule has 12 heavy (non-hydrogen) atoms. The number of hydrogen-bond donors (Lipinski definition) is 1. The lowest BCUT2D eigenvalue weighted by molar-refractivity contribution is -0.130. The van der Waals surface area contributed by atoms with Gasteiger partial charge < -0.3 is 5.11 Å². The number of aliphatic carboxylic acids is 1. The van der Waals surface area contributed by atoms with Crippen molar-refractivity contribution in [3.63, 3.8) is 0 Å². The van der Waals surface area contributed by atoms with Crippen molar-refractivity contribution in [1.29, 1.82) is 0 Å². The van der Waals surface area contributed by atoms with Gasteiger partial charge in [0.1, 0.15) is 0 Å². The van der Waals surface area contributed by atoms with Crippen molar-refractivity contribution in [2.24, 2.45) is 0 Å². The maximum absolute atomic E-state index is 10.2. The Morgan fingerprint density at radius 3 is 3.08 bits per heavy atom. The minimum Gasteiger partial charge on any atom is -0.472 e. The molecule has 0 spiro atoms. The molecule has 0 saturated carbocycles. The van der Waals surface area contributed by atoms with Gasteiger partial charge in [-0.3, -0.25) is 4.90 Å². The fourth-order valence-corrected chi connectivity index (χ4v) is 1.51. The van der Waals surface area contributed by atoms with Crippen LogP contribution < -0.4 is 0 Å². The molecular formula is C9H13NO2. The first-order chi connectivity index (χ1) is 5.74. The van der Waals surface area contributed by atoms with E-state index in [0.717, 1.165) is 25.9 Å². The smallest absolute Gasteiger partial charge is 0.381 e. The molecule has 1 N–H and O–H groups in total. The molecule has 0 amide bonds. The van der Waals surface area contributed by atoms with Crippen molar-refractivity contribution in [3.8, 4) is 11.8 Å². The normalized spacial score (nSPS) is 23.2. The molecule has 0 aromatic heterocycles. The quantitative estimate of drug-likeness (QED) is 0.580. The van der Waals surface area contributed by atoms with Crippen molar-refractivity contribution >= 4 is 5.97 Å². The lowest BCUT2D eigenvalue weighted by Gasteiger charge is -2.16. The van der Waals surface area contributed by atoms with E-state index in [2.05, 4.69) is 23.7 Å². The largest absolute Gasteiger partial charge is 0.472 e. The third-order valence-corrected chi connectivity index (χ3v) is 2.12. The summed E-state index contributed by atoms with van der Waals surface area (Å²) in [5.41, 5.74) is 0. The zero-order valence-electron chi connectivity index (χ0n) is 7.21. The Hall–Kier alpha value is -1.01. The fraction of sp³-hybridized carbons (Fsp3) is 0.667. The van der Waals surface area contributed by atoms with Crippen LogP contribution in [0.25, 0.3) is 0 Å². The highest BCUT2D eigenvalue weighted by atomic mass is 16.4. The predicted molar refractivity (Wildman–Crippen MR) is 45.7 cm³/mol. The van der Waals surface area contributed by atoms with Gasteiger partial charge in [-0.2, -0.15) is 0 Å². The molecule has 0 radical (unpaired) electrons. The van der Waals surface area contributed by atoms with Gasteiger partial charge >= 0.3 is 5.97 Å². The van der Waals surface area contributed by atoms with Crippen LogP contribution in [0.2, 0.25) is 0 Å². The monoisotopic (exact) mass is 167 g/mol. The molecule has 1 unspecified atom stereocenters. The Labute approximate surface area is 72.4 Å². The lowest BCUT2D eigenvalue weighted by atomic mass is 10.2. The van der Waals surface area contributed by atoms with Gasteiger partial charge in [0.2, 0.25) is 0 Å². The van der Waals surface area contributed by atoms with E-state index >= 15 is 0 Å². The van der Waals surface area contributed by atoms with Gasteiger partial charge in [-0.1, -0.05) is 12.8 Å². The Bertz CT molecular complexity index is 226. The molecular weight excluding hydrogens is 154 g/mol. The molecule has 0 aromatic rings. The van der Waals surface area contributed by atoms with E-state index in [1.54, 1.807) is 0 Å². The average molecular weight is 167 g/mol. The summed E-state index contributed by atoms with van der Waals surface area (Å²) in [6.07, 6.45) is 2.14. The minimum atomic E-state index is -1.03. The van der Waals surface area contributed by atoms with E-state index in [0.29, 0.717) is 0 Å². The third-order valence-electron chi connectivity index (χ3n) is 2.12. The van der Waals surface area contributed by atoms with Crippen LogP contribution in [0.3, 0.4) is 0 Å². The summed E-state index contributed by atoms with van der Waals surface area (Å²) in [7, 11) is 0. The molecule has 0 aromatic carbocycles. The molecule has 3 heteroatoms. The lowest BCUT2D eigenvalue weighted by Crippen LogP contribution is -2.27. The van der Waals surface area contributed by atoms with Crippen LogP contribution in [-0.2, 0) is 4.79 Å². The maximum Gasteiger partial charge on any atom is 0.381 e. The SMILES string of the molecule is CCN1CCCC1C#CC(=O)O. The fourth-order valence-electron chi connectivity index (χ4n) is 1.51. The third kappa shape index (κ3) is 2.24. The van der Waals surface area contributed by atoms with Crippen LogP contribution in [0.15, 0.2) is 0 Å². The van der Waals surface area contributed by atoms with E-state index in [9.17, 15) is 4.79 Å². The first kappa shape index (κ1) is 9.08. The number of carbonyl (C=O) groups is 1. The minimum absolute atomic E-state index is 0.172. The van der Waals surface area contributed by atoms with Crippen LogP contribution >= 0.6 is 0 Å². The van der Waals surface area contributed by atoms with E-state index in [1.807, 2.05) is 0 Å². The van der Waals surface area contributed by atoms with Gasteiger partial charge in [-0.25, -0.2) is 4.79 Å². The maximum atomic E-state index is 10.2. The Balaban J connectivity index is 2.52. The zero-order chi connectivity index (χ0) is 8.97. The number of likely N-dealkylation sites (tertiary alicyclic amines) is 1. The molecule has 1 fully saturated rings. The van der Waals surface area contributed by atoms with Crippen LogP contribution in [-0.4, -0.2) is 35.1 Å². The van der Waals surface area contributed by atoms with E-state index < -0.39 is 5.97 Å². The Kier molecular flexibility index (Phi) is 3.12. The van der Waals surface area contributed by atoms with Crippen LogP contribution in [0, 0.1) is 11.8 Å². The molecule has 66 valence electrons. The van der Waals surface area contributed by atoms with Crippen molar-refractivity contribution < 1.29 is 9.90 Å². The van der Waals surface area contributed by atoms with E-state index in [-0.39, 0.29) is 6.04 Å². The molecule has 0 aliphatic carbocycles. The molecule has 3 nitrogen and oxygen atoms in total. The molecule has 0 bridgehead atoms. The second-order valence-electron chi connectivity index (χ2n) is 2.86. The number of carboxylic acids is 1. The van der Waals surface area contributed by atoms with Crippen molar-refractivity contribution in [1.82, 2.24) is 4.90 Å². The summed E-state index contributed by atoms with van der Waals surface area (Å²) in [5.74, 6) is 3.91. The molecule has 1 atom stereocenters. The zero-order valence-corrected chi connectivity index (χ0v) is 7.21. The molecule has 1 saturated heterocycles. The highest BCUT2D eigenvalue weighted by molar-refractivity contribution is 5.86. The summed E-state index contributed by atoms with van der Waals surface area (Å²) in [6.45, 7) is 4.08. The van der Waals surface area contributed by atoms with Gasteiger partial charge in [0.15, 0.2) is 0 Å². The average Bonchev–Trinajstić information content (AvgIpc) is 2.47. The summed E-state index contributed by atoms with van der Waals surface area (Å²) in [4.78, 5) is 12.4. The van der Waals surface area contributed by atoms with Gasteiger partial charge in [0, 0.05) is 5.92 Å². The van der Waals surface area contributed by atoms with E-state index in [4.69, 9.17) is 5.11 Å². The molecule has 1 aliphatic heterocycles. The second-order valence-corrected chi connectivity index (χ2v) is 2.86. The highest BCUT2D eigenvalue weighted by Crippen LogP contribution is 2.15. The Morgan fingerprint density at radius 2 is 2.50 bits per heavy atom. The van der Waals surface area contributed by atoms with Gasteiger partial charge in [-0.15, -0.1) is 0 Å². The van der Waals surface area contributed by atoms with Crippen molar-refractivity contribution in [3.05, 3.63) is 0 Å². The summed E-state index contributed by atoms with van der Waals surface area (Å²) >= 11 is 0.